The van der Waals surface area contributed by atoms with Crippen LogP contribution < -0.4 is 9.48 Å². The molecule has 2 nitrogen and oxygen atoms in total. The highest BCUT2D eigenvalue weighted by Gasteiger charge is 2.62. The second kappa shape index (κ2) is 20.9. The van der Waals surface area contributed by atoms with Gasteiger partial charge < -0.3 is 4.90 Å². The topological polar surface area (TPSA) is 6.25 Å². The van der Waals surface area contributed by atoms with E-state index in [-0.39, 0.29) is 0 Å². The predicted molar refractivity (Wildman–Crippen MR) is 367 cm³/mol. The van der Waals surface area contributed by atoms with E-state index in [1.165, 1.54) is 128 Å². The van der Waals surface area contributed by atoms with Gasteiger partial charge in [0, 0.05) is 46.8 Å². The van der Waals surface area contributed by atoms with Crippen LogP contribution in [0, 0.1) is 0 Å². The molecule has 414 valence electrons. The van der Waals surface area contributed by atoms with Crippen molar-refractivity contribution in [2.45, 2.75) is 30.1 Å². The average Bonchev–Trinajstić information content (AvgIpc) is 1.43. The minimum Gasteiger partial charge on any atom is -0.314 e. The Morgan fingerprint density at radius 1 is 0.318 bits per heavy atom. The smallest absolute Gasteiger partial charge is 0.211 e. The quantitative estimate of drug-likeness (QED) is 0.131. The van der Waals surface area contributed by atoms with Crippen molar-refractivity contribution in [3.8, 4) is 44.5 Å². The molecule has 5 aliphatic rings. The van der Waals surface area contributed by atoms with Gasteiger partial charge in [-0.05, 0) is 162 Å². The Labute approximate surface area is 515 Å². The third kappa shape index (κ3) is 7.85. The van der Waals surface area contributed by atoms with Gasteiger partial charge in [0.05, 0.1) is 22.9 Å². The fraction of sp³-hybridized carbons (Fsp3) is 0.0581. The predicted octanol–water partition coefficient (Wildman–Crippen LogP) is 21.3. The molecular weight excluding hydrogens is 1060 g/mol. The average molecular weight is 1120 g/mol. The normalized spacial score (nSPS) is 17.3. The number of benzene rings is 12. The van der Waals surface area contributed by atoms with Crippen LogP contribution >= 0.6 is 0 Å². The van der Waals surface area contributed by atoms with Gasteiger partial charge in [-0.3, -0.25) is 0 Å². The zero-order chi connectivity index (χ0) is 58.2. The van der Waals surface area contributed by atoms with Crippen molar-refractivity contribution in [1.82, 2.24) is 4.58 Å². The van der Waals surface area contributed by atoms with Crippen molar-refractivity contribution in [2.75, 3.05) is 4.90 Å². The molecular formula is C86H61N2+. The summed E-state index contributed by atoms with van der Waals surface area (Å²) in [5.74, 6) is 0. The molecule has 0 saturated heterocycles. The first-order valence-corrected chi connectivity index (χ1v) is 31.0. The minimum absolute atomic E-state index is 0.687. The Morgan fingerprint density at radius 3 is 1.25 bits per heavy atom. The fourth-order valence-corrected chi connectivity index (χ4v) is 15.8. The molecule has 88 heavy (non-hydrogen) atoms. The Bertz CT molecular complexity index is 4740. The van der Waals surface area contributed by atoms with Gasteiger partial charge in [0.15, 0.2) is 5.71 Å². The molecule has 0 bridgehead atoms. The van der Waals surface area contributed by atoms with Crippen LogP contribution in [0.1, 0.15) is 69.3 Å². The van der Waals surface area contributed by atoms with E-state index in [0.717, 1.165) is 36.3 Å². The van der Waals surface area contributed by atoms with Crippen molar-refractivity contribution in [2.24, 2.45) is 0 Å². The highest BCUT2D eigenvalue weighted by Crippen LogP contribution is 2.68. The van der Waals surface area contributed by atoms with Crippen LogP contribution in [0.4, 0.5) is 22.7 Å². The molecule has 0 heterocycles. The Balaban J connectivity index is 0.909. The third-order valence-corrected chi connectivity index (χ3v) is 19.4. The maximum absolute atomic E-state index is 2.58. The van der Waals surface area contributed by atoms with Gasteiger partial charge in [-0.2, -0.15) is 4.58 Å². The summed E-state index contributed by atoms with van der Waals surface area (Å²) in [5.41, 5.74) is 31.1. The Kier molecular flexibility index (Phi) is 12.3. The van der Waals surface area contributed by atoms with Gasteiger partial charge in [0.25, 0.3) is 0 Å². The van der Waals surface area contributed by atoms with E-state index in [1.54, 1.807) is 0 Å². The molecule has 5 aliphatic carbocycles. The summed E-state index contributed by atoms with van der Waals surface area (Å²) in [6.07, 6.45) is 12.2. The number of hydrogen-bond acceptors (Lipinski definition) is 1. The van der Waals surface area contributed by atoms with Crippen LogP contribution in [0.15, 0.2) is 345 Å². The summed E-state index contributed by atoms with van der Waals surface area (Å²) < 4.78 is 2.58. The zero-order valence-electron chi connectivity index (χ0n) is 48.8. The monoisotopic (exact) mass is 1120 g/mol. The van der Waals surface area contributed by atoms with Gasteiger partial charge in [0.2, 0.25) is 11.4 Å². The summed E-state index contributed by atoms with van der Waals surface area (Å²) in [5, 5.41) is 0. The van der Waals surface area contributed by atoms with Gasteiger partial charge in [-0.15, -0.1) is 0 Å². The highest BCUT2D eigenvalue weighted by atomic mass is 15.2. The fourth-order valence-electron chi connectivity index (χ4n) is 15.8. The van der Waals surface area contributed by atoms with Crippen molar-refractivity contribution in [3.05, 3.63) is 395 Å². The van der Waals surface area contributed by atoms with E-state index >= 15 is 0 Å². The van der Waals surface area contributed by atoms with Gasteiger partial charge in [-0.1, -0.05) is 261 Å². The Hall–Kier alpha value is -10.9. The number of nitrogens with zero attached hydrogens (tertiary/aromatic N) is 2. The van der Waals surface area contributed by atoms with E-state index < -0.39 is 10.8 Å². The lowest BCUT2D eigenvalue weighted by Gasteiger charge is -2.49. The molecule has 12 aromatic rings. The van der Waals surface area contributed by atoms with Crippen molar-refractivity contribution < 1.29 is 0 Å². The molecule has 17 rings (SSSR count). The standard InChI is InChI=1S/C86H61N2/c1-5-23-59(24-6-1)63-43-51-67(52-44-63)87(68-53-45-64(46-54-68)60-25-7-2-8-26-60)81-41-22-40-80-83(81)73-32-14-16-35-75(73)85(80)76-36-17-19-38-78(76)86(79-39-20-18-37-77(79)85)74-34-15-13-31-71(74)72-33-21-42-82(84(72)86)88(69-55-47-65(48-56-69)61-27-9-3-10-28-61)70-57-49-66(50-58-70)62-29-11-4-12-30-62/h1-41,43-45,47-53,55-58H,42,46,54H2/q+1. The molecule has 0 saturated carbocycles. The number of hydrogen-bond donors (Lipinski definition) is 0. The van der Waals surface area contributed by atoms with E-state index in [9.17, 15) is 0 Å². The summed E-state index contributed by atoms with van der Waals surface area (Å²) in [6.45, 7) is 0. The largest absolute Gasteiger partial charge is 0.314 e. The summed E-state index contributed by atoms with van der Waals surface area (Å²) in [4.78, 5) is 2.58. The second-order valence-corrected chi connectivity index (χ2v) is 23.8. The van der Waals surface area contributed by atoms with Crippen molar-refractivity contribution in [1.29, 1.82) is 0 Å². The maximum Gasteiger partial charge on any atom is 0.211 e. The lowest BCUT2D eigenvalue weighted by molar-refractivity contribution is 0.632. The van der Waals surface area contributed by atoms with Crippen LogP contribution in [0.25, 0.3) is 55.7 Å². The van der Waals surface area contributed by atoms with Gasteiger partial charge in [0.1, 0.15) is 0 Å². The van der Waals surface area contributed by atoms with E-state index in [0.29, 0.717) is 0 Å². The van der Waals surface area contributed by atoms with E-state index in [1.807, 2.05) is 0 Å². The molecule has 2 heteroatoms. The molecule has 0 aromatic heterocycles. The van der Waals surface area contributed by atoms with Gasteiger partial charge >= 0.3 is 0 Å². The van der Waals surface area contributed by atoms with Crippen molar-refractivity contribution >= 4 is 39.6 Å². The second-order valence-electron chi connectivity index (χ2n) is 23.8. The number of anilines is 2. The zero-order valence-corrected chi connectivity index (χ0v) is 48.8. The van der Waals surface area contributed by atoms with Crippen LogP contribution in [-0.2, 0) is 10.8 Å². The number of fused-ring (bicyclic) bond motifs is 15. The molecule has 0 aliphatic heterocycles. The van der Waals surface area contributed by atoms with Crippen molar-refractivity contribution in [3.63, 3.8) is 0 Å². The first kappa shape index (κ1) is 51.5. The summed E-state index contributed by atoms with van der Waals surface area (Å²) in [7, 11) is 0. The Morgan fingerprint density at radius 2 is 0.739 bits per heavy atom. The van der Waals surface area contributed by atoms with Crippen LogP contribution in [0.3, 0.4) is 0 Å². The lowest BCUT2D eigenvalue weighted by Crippen LogP contribution is -2.46. The van der Waals surface area contributed by atoms with E-state index in [2.05, 4.69) is 343 Å². The summed E-state index contributed by atoms with van der Waals surface area (Å²) >= 11 is 0. The van der Waals surface area contributed by atoms with E-state index in [4.69, 9.17) is 0 Å². The molecule has 0 unspecified atom stereocenters. The molecule has 0 amide bonds. The van der Waals surface area contributed by atoms with Crippen LogP contribution in [0.5, 0.6) is 0 Å². The highest BCUT2D eigenvalue weighted by molar-refractivity contribution is 6.19. The molecule has 0 N–H and O–H groups in total. The SMILES string of the molecule is C1=CC2=C(C(=[N+](c3ccc(-c4ccccc4)cc3)c3ccc(-c4ccccc4)cc3)C1)C1(c3ccccc32)c2ccccc2C2(c3ccccc3-c3c(N(C4=CC=C(c5ccccc5)CC4)c4ccc(-c5ccccc5)cc4)cccc32)c2ccccc21. The van der Waals surface area contributed by atoms with Crippen LogP contribution in [0.2, 0.25) is 0 Å². The molecule has 2 spiro atoms. The van der Waals surface area contributed by atoms with Crippen LogP contribution in [-0.4, -0.2) is 5.71 Å². The third-order valence-electron chi connectivity index (χ3n) is 19.4. The van der Waals surface area contributed by atoms with Gasteiger partial charge in [-0.25, -0.2) is 0 Å². The molecule has 0 radical (unpaired) electrons. The lowest BCUT2D eigenvalue weighted by atomic mass is 9.51. The summed E-state index contributed by atoms with van der Waals surface area (Å²) in [6, 6.07) is 116. The molecule has 0 atom stereocenters. The molecule has 12 aromatic carbocycles. The number of allylic oxidation sites excluding steroid dienone is 8. The first-order valence-electron chi connectivity index (χ1n) is 31.0. The first-order chi connectivity index (χ1) is 43.7. The maximum atomic E-state index is 2.58. The molecule has 0 fully saturated rings. The number of rotatable bonds is 9. The minimum atomic E-state index is -0.714.